The van der Waals surface area contributed by atoms with Crippen molar-refractivity contribution in [1.29, 1.82) is 0 Å². The van der Waals surface area contributed by atoms with E-state index >= 15 is 0 Å². The summed E-state index contributed by atoms with van der Waals surface area (Å²) in [5, 5.41) is 5.27. The first kappa shape index (κ1) is 24.4. The van der Waals surface area contributed by atoms with E-state index in [4.69, 9.17) is 37.7 Å². The van der Waals surface area contributed by atoms with Crippen molar-refractivity contribution in [2.24, 2.45) is 5.92 Å². The number of rotatable bonds is 9. The van der Waals surface area contributed by atoms with Crippen LogP contribution in [0.3, 0.4) is 0 Å². The third-order valence-corrected chi connectivity index (χ3v) is 7.51. The van der Waals surface area contributed by atoms with E-state index in [2.05, 4.69) is 34.3 Å². The van der Waals surface area contributed by atoms with Crippen LogP contribution in [0.2, 0.25) is 10.0 Å². The highest BCUT2D eigenvalue weighted by atomic mass is 35.5. The lowest BCUT2D eigenvalue weighted by molar-refractivity contribution is 0.210. The van der Waals surface area contributed by atoms with Crippen LogP contribution in [-0.4, -0.2) is 48.2 Å². The first-order chi connectivity index (χ1) is 16.9. The maximum absolute atomic E-state index is 6.70. The third-order valence-electron chi connectivity index (χ3n) is 6.94. The van der Waals surface area contributed by atoms with Crippen molar-refractivity contribution >= 4 is 45.5 Å². The molecular weight excluding hydrogens is 483 g/mol. The average molecular weight is 515 g/mol. The van der Waals surface area contributed by atoms with Gasteiger partial charge >= 0.3 is 0 Å². The van der Waals surface area contributed by atoms with Gasteiger partial charge in [-0.15, -0.1) is 0 Å². The highest BCUT2D eigenvalue weighted by Gasteiger charge is 2.37. The van der Waals surface area contributed by atoms with Gasteiger partial charge in [0.2, 0.25) is 5.88 Å². The van der Waals surface area contributed by atoms with Crippen molar-refractivity contribution in [3.63, 3.8) is 0 Å². The van der Waals surface area contributed by atoms with Gasteiger partial charge in [-0.2, -0.15) is 0 Å². The molecule has 8 heteroatoms. The fraction of sp³-hybridized carbons (Fsp3) is 0.481. The Kier molecular flexibility index (Phi) is 7.24. The molecular formula is C27H32Cl2N4O2. The van der Waals surface area contributed by atoms with Crippen molar-refractivity contribution in [2.75, 3.05) is 32.6 Å². The van der Waals surface area contributed by atoms with E-state index in [1.807, 2.05) is 20.2 Å². The van der Waals surface area contributed by atoms with Gasteiger partial charge in [0.15, 0.2) is 0 Å². The minimum atomic E-state index is 0.231. The smallest absolute Gasteiger partial charge is 0.216 e. The second-order valence-corrected chi connectivity index (χ2v) is 10.8. The summed E-state index contributed by atoms with van der Waals surface area (Å²) in [4.78, 5) is 11.1. The van der Waals surface area contributed by atoms with Crippen molar-refractivity contribution in [3.8, 4) is 11.6 Å². The number of benzene rings is 1. The molecule has 1 aromatic carbocycles. The molecule has 0 saturated heterocycles. The Labute approximate surface area is 216 Å². The molecule has 2 unspecified atom stereocenters. The summed E-state index contributed by atoms with van der Waals surface area (Å²) in [5.41, 5.74) is 3.49. The minimum absolute atomic E-state index is 0.231. The maximum atomic E-state index is 6.70. The van der Waals surface area contributed by atoms with Gasteiger partial charge in [-0.3, -0.25) is 4.98 Å². The van der Waals surface area contributed by atoms with Crippen LogP contribution in [0, 0.1) is 5.92 Å². The van der Waals surface area contributed by atoms with Crippen LogP contribution in [0.1, 0.15) is 50.5 Å². The number of nitrogens with one attached hydrogen (secondary N) is 1. The van der Waals surface area contributed by atoms with Crippen LogP contribution in [0.25, 0.3) is 10.9 Å². The molecule has 3 aromatic rings. The van der Waals surface area contributed by atoms with Crippen LogP contribution < -0.4 is 14.8 Å². The third kappa shape index (κ3) is 5.45. The summed E-state index contributed by atoms with van der Waals surface area (Å²) in [7, 11) is 4.04. The number of aromatic nitrogens is 2. The van der Waals surface area contributed by atoms with E-state index in [9.17, 15) is 0 Å². The number of hydrogen-bond donors (Lipinski definition) is 1. The second kappa shape index (κ2) is 10.4. The summed E-state index contributed by atoms with van der Waals surface area (Å²) in [5.74, 6) is 2.61. The molecule has 0 aliphatic heterocycles. The van der Waals surface area contributed by atoms with E-state index < -0.39 is 0 Å². The molecule has 35 heavy (non-hydrogen) atoms. The second-order valence-electron chi connectivity index (χ2n) is 9.99. The normalized spacial score (nSPS) is 19.9. The van der Waals surface area contributed by atoms with Crippen molar-refractivity contribution in [3.05, 3.63) is 46.2 Å². The van der Waals surface area contributed by atoms with Gasteiger partial charge in [0.25, 0.3) is 0 Å². The molecule has 0 bridgehead atoms. The molecule has 0 radical (unpaired) electrons. The van der Waals surface area contributed by atoms with Crippen molar-refractivity contribution in [1.82, 2.24) is 14.9 Å². The molecule has 186 valence electrons. The lowest BCUT2D eigenvalue weighted by atomic mass is 10.0. The minimum Gasteiger partial charge on any atom is -0.488 e. The summed E-state index contributed by atoms with van der Waals surface area (Å²) < 4.78 is 12.8. The van der Waals surface area contributed by atoms with Gasteiger partial charge in [-0.25, -0.2) is 4.98 Å². The highest BCUT2D eigenvalue weighted by molar-refractivity contribution is 6.39. The van der Waals surface area contributed by atoms with Gasteiger partial charge in [0.1, 0.15) is 17.9 Å². The van der Waals surface area contributed by atoms with Gasteiger partial charge in [-0.1, -0.05) is 42.3 Å². The molecule has 5 rings (SSSR count). The molecule has 0 amide bonds. The summed E-state index contributed by atoms with van der Waals surface area (Å²) >= 11 is 12.9. The molecule has 2 atom stereocenters. The Morgan fingerprint density at radius 3 is 2.49 bits per heavy atom. The number of nitrogens with zero attached hydrogens (tertiary/aromatic N) is 3. The summed E-state index contributed by atoms with van der Waals surface area (Å²) in [6.07, 6.45) is 9.16. The first-order valence-corrected chi connectivity index (χ1v) is 13.1. The van der Waals surface area contributed by atoms with Crippen LogP contribution in [-0.2, 0) is 0 Å². The average Bonchev–Trinajstić information content (AvgIpc) is 3.31. The van der Waals surface area contributed by atoms with Gasteiger partial charge in [-0.05, 0) is 63.6 Å². The topological polar surface area (TPSA) is 59.5 Å². The molecule has 1 N–H and O–H groups in total. The number of pyridine rings is 2. The van der Waals surface area contributed by atoms with E-state index in [0.29, 0.717) is 40.1 Å². The van der Waals surface area contributed by atoms with Crippen LogP contribution in [0.5, 0.6) is 11.6 Å². The first-order valence-electron chi connectivity index (χ1n) is 12.4. The standard InChI is InChI=1S/C27H32Cl2N4O2/c1-16-12-20(16)18-8-9-19-23(31-26-21(28)14-30-15-22(26)29)13-24(34-11-10-33(2)3)32-25(19)27(18)35-17-6-4-5-7-17/h8-9,13-17,20H,4-7,10-12H2,1-3H3,(H,30,31,32). The zero-order valence-corrected chi connectivity index (χ0v) is 22.0. The maximum Gasteiger partial charge on any atom is 0.216 e. The number of fused-ring (bicyclic) bond motifs is 1. The quantitative estimate of drug-likeness (QED) is 0.329. The highest BCUT2D eigenvalue weighted by Crippen LogP contribution is 2.52. The number of anilines is 2. The number of likely N-dealkylation sites (N-methyl/N-ethyl adjacent to an activating group) is 1. The predicted molar refractivity (Wildman–Crippen MR) is 143 cm³/mol. The fourth-order valence-corrected chi connectivity index (χ4v) is 5.24. The van der Waals surface area contributed by atoms with Gasteiger partial charge < -0.3 is 19.7 Å². The van der Waals surface area contributed by atoms with Crippen LogP contribution in [0.4, 0.5) is 11.4 Å². The van der Waals surface area contributed by atoms with E-state index in [1.165, 1.54) is 24.8 Å². The lowest BCUT2D eigenvalue weighted by Crippen LogP contribution is -2.19. The summed E-state index contributed by atoms with van der Waals surface area (Å²) in [6.45, 7) is 3.61. The zero-order chi connectivity index (χ0) is 24.5. The molecule has 2 aromatic heterocycles. The zero-order valence-electron chi connectivity index (χ0n) is 20.5. The Bertz CT molecular complexity index is 1190. The molecule has 2 aliphatic carbocycles. The Morgan fingerprint density at radius 1 is 1.11 bits per heavy atom. The van der Waals surface area contributed by atoms with Crippen LogP contribution in [0.15, 0.2) is 30.6 Å². The number of halogens is 2. The van der Waals surface area contributed by atoms with E-state index in [-0.39, 0.29) is 6.10 Å². The lowest BCUT2D eigenvalue weighted by Gasteiger charge is -2.21. The Morgan fingerprint density at radius 2 is 1.83 bits per heavy atom. The van der Waals surface area contributed by atoms with Crippen molar-refractivity contribution in [2.45, 2.75) is 51.0 Å². The molecule has 2 heterocycles. The molecule has 2 saturated carbocycles. The SMILES string of the molecule is CC1CC1c1ccc2c(Nc3c(Cl)cncc3Cl)cc(OCCN(C)C)nc2c1OC1CCCC1. The largest absolute Gasteiger partial charge is 0.488 e. The van der Waals surface area contributed by atoms with E-state index in [0.717, 1.165) is 41.7 Å². The van der Waals surface area contributed by atoms with Crippen molar-refractivity contribution < 1.29 is 9.47 Å². The van der Waals surface area contributed by atoms with Gasteiger partial charge in [0.05, 0.1) is 27.5 Å². The predicted octanol–water partition coefficient (Wildman–Crippen LogP) is 7.07. The monoisotopic (exact) mass is 514 g/mol. The summed E-state index contributed by atoms with van der Waals surface area (Å²) in [6, 6.07) is 6.24. The number of ether oxygens (including phenoxy) is 2. The van der Waals surface area contributed by atoms with E-state index in [1.54, 1.807) is 12.4 Å². The van der Waals surface area contributed by atoms with Gasteiger partial charge in [0, 0.05) is 30.4 Å². The fourth-order valence-electron chi connectivity index (χ4n) is 4.78. The Balaban J connectivity index is 1.62. The molecule has 6 nitrogen and oxygen atoms in total. The molecule has 2 aliphatic rings. The molecule has 2 fully saturated rings. The molecule has 0 spiro atoms. The Hall–Kier alpha value is -2.28. The number of hydrogen-bond acceptors (Lipinski definition) is 6. The van der Waals surface area contributed by atoms with Crippen LogP contribution >= 0.6 is 23.2 Å².